The molecule has 0 aliphatic carbocycles. The molecule has 1 N–H and O–H groups in total. The molecule has 0 spiro atoms. The molecule has 7 heteroatoms. The zero-order valence-corrected chi connectivity index (χ0v) is 12.2. The van der Waals surface area contributed by atoms with Crippen LogP contribution in [0.15, 0.2) is 30.5 Å². The monoisotopic (exact) mass is 315 g/mol. The molecule has 0 fully saturated rings. The van der Waals surface area contributed by atoms with E-state index in [1.165, 1.54) is 4.68 Å². The van der Waals surface area contributed by atoms with Gasteiger partial charge in [0.2, 0.25) is 0 Å². The van der Waals surface area contributed by atoms with Crippen LogP contribution in [-0.4, -0.2) is 28.0 Å². The Morgan fingerprint density at radius 1 is 1.37 bits per heavy atom. The number of hydrogen-bond donors (Lipinski definition) is 2. The minimum Gasteiger partial charge on any atom is -0.350 e. The molecule has 100 valence electrons. The van der Waals surface area contributed by atoms with Crippen LogP contribution in [0.1, 0.15) is 10.5 Å². The summed E-state index contributed by atoms with van der Waals surface area (Å²) in [4.78, 5) is 11.7. The van der Waals surface area contributed by atoms with Crippen molar-refractivity contribution in [2.45, 2.75) is 0 Å². The summed E-state index contributed by atoms with van der Waals surface area (Å²) in [7, 11) is 0. The standard InChI is InChI=1S/C12H11Cl2N3OS/c13-8-1-2-11(9(14)7-8)17-5-3-10(16-17)12(18)15-4-6-19/h1-3,5,7,19H,4,6H2,(H,15,18). The van der Waals surface area contributed by atoms with E-state index in [-0.39, 0.29) is 5.91 Å². The third-order valence-corrected chi connectivity index (χ3v) is 3.14. The lowest BCUT2D eigenvalue weighted by Crippen LogP contribution is -2.25. The minimum atomic E-state index is -0.238. The number of hydrogen-bond acceptors (Lipinski definition) is 3. The largest absolute Gasteiger partial charge is 0.350 e. The molecule has 0 bridgehead atoms. The van der Waals surface area contributed by atoms with Gasteiger partial charge in [-0.3, -0.25) is 4.79 Å². The molecule has 1 aromatic heterocycles. The van der Waals surface area contributed by atoms with Crippen molar-refractivity contribution in [3.05, 3.63) is 46.2 Å². The highest BCUT2D eigenvalue weighted by Gasteiger charge is 2.11. The summed E-state index contributed by atoms with van der Waals surface area (Å²) >= 11 is 15.9. The number of thiol groups is 1. The molecule has 0 saturated heterocycles. The van der Waals surface area contributed by atoms with E-state index in [1.54, 1.807) is 30.5 Å². The minimum absolute atomic E-state index is 0.238. The fourth-order valence-corrected chi connectivity index (χ4v) is 2.11. The number of amides is 1. The Kier molecular flexibility index (Phi) is 4.74. The molecule has 0 unspecified atom stereocenters. The Labute approximate surface area is 126 Å². The van der Waals surface area contributed by atoms with Crippen LogP contribution in [0.4, 0.5) is 0 Å². The average molecular weight is 316 g/mol. The Morgan fingerprint density at radius 2 is 2.16 bits per heavy atom. The van der Waals surface area contributed by atoms with Gasteiger partial charge in [0.25, 0.3) is 5.91 Å². The maximum Gasteiger partial charge on any atom is 0.271 e. The summed E-state index contributed by atoms with van der Waals surface area (Å²) in [5, 5.41) is 7.89. The van der Waals surface area contributed by atoms with Gasteiger partial charge in [-0.1, -0.05) is 23.2 Å². The predicted molar refractivity (Wildman–Crippen MR) is 79.8 cm³/mol. The normalized spacial score (nSPS) is 10.5. The van der Waals surface area contributed by atoms with Crippen LogP contribution >= 0.6 is 35.8 Å². The van der Waals surface area contributed by atoms with Crippen molar-refractivity contribution >= 4 is 41.7 Å². The third-order valence-electron chi connectivity index (χ3n) is 2.38. The van der Waals surface area contributed by atoms with Crippen molar-refractivity contribution in [1.29, 1.82) is 0 Å². The van der Waals surface area contributed by atoms with Gasteiger partial charge in [-0.05, 0) is 24.3 Å². The van der Waals surface area contributed by atoms with Gasteiger partial charge in [-0.25, -0.2) is 4.68 Å². The summed E-state index contributed by atoms with van der Waals surface area (Å²) in [6.45, 7) is 0.497. The van der Waals surface area contributed by atoms with E-state index in [4.69, 9.17) is 23.2 Å². The molecule has 1 heterocycles. The van der Waals surface area contributed by atoms with Crippen molar-refractivity contribution in [3.8, 4) is 5.69 Å². The van der Waals surface area contributed by atoms with Gasteiger partial charge < -0.3 is 5.32 Å². The van der Waals surface area contributed by atoms with E-state index >= 15 is 0 Å². The second kappa shape index (κ2) is 6.32. The molecule has 0 saturated carbocycles. The lowest BCUT2D eigenvalue weighted by Gasteiger charge is -2.04. The van der Waals surface area contributed by atoms with Crippen LogP contribution in [0, 0.1) is 0 Å². The molecule has 0 aliphatic heterocycles. The van der Waals surface area contributed by atoms with Gasteiger partial charge in [0.1, 0.15) is 0 Å². The molecule has 19 heavy (non-hydrogen) atoms. The molecule has 0 atom stereocenters. The van der Waals surface area contributed by atoms with Crippen molar-refractivity contribution in [2.75, 3.05) is 12.3 Å². The van der Waals surface area contributed by atoms with E-state index in [2.05, 4.69) is 23.0 Å². The molecule has 0 aliphatic rings. The Bertz CT molecular complexity index is 600. The van der Waals surface area contributed by atoms with Gasteiger partial charge in [-0.15, -0.1) is 0 Å². The smallest absolute Gasteiger partial charge is 0.271 e. The average Bonchev–Trinajstić information content (AvgIpc) is 2.85. The zero-order chi connectivity index (χ0) is 13.8. The summed E-state index contributed by atoms with van der Waals surface area (Å²) in [5.74, 6) is 0.341. The summed E-state index contributed by atoms with van der Waals surface area (Å²) < 4.78 is 1.54. The van der Waals surface area contributed by atoms with E-state index in [9.17, 15) is 4.79 Å². The van der Waals surface area contributed by atoms with Crippen LogP contribution in [0.25, 0.3) is 5.69 Å². The molecule has 1 amide bonds. The van der Waals surface area contributed by atoms with Crippen LogP contribution < -0.4 is 5.32 Å². The fourth-order valence-electron chi connectivity index (χ4n) is 1.51. The quantitative estimate of drug-likeness (QED) is 0.852. The SMILES string of the molecule is O=C(NCCS)c1ccn(-c2ccc(Cl)cc2Cl)n1. The van der Waals surface area contributed by atoms with Crippen molar-refractivity contribution < 1.29 is 4.79 Å². The highest BCUT2D eigenvalue weighted by Crippen LogP contribution is 2.23. The van der Waals surface area contributed by atoms with Crippen molar-refractivity contribution in [2.24, 2.45) is 0 Å². The number of carbonyl (C=O) groups is 1. The first-order valence-corrected chi connectivity index (χ1v) is 6.91. The lowest BCUT2D eigenvalue weighted by molar-refractivity contribution is 0.0951. The first kappa shape index (κ1) is 14.2. The number of nitrogens with zero attached hydrogens (tertiary/aromatic N) is 2. The molecular formula is C12H11Cl2N3OS. The molecule has 0 radical (unpaired) electrons. The lowest BCUT2D eigenvalue weighted by atomic mass is 10.3. The molecule has 1 aromatic carbocycles. The van der Waals surface area contributed by atoms with Gasteiger partial charge >= 0.3 is 0 Å². The highest BCUT2D eigenvalue weighted by atomic mass is 35.5. The number of rotatable bonds is 4. The Morgan fingerprint density at radius 3 is 2.84 bits per heavy atom. The van der Waals surface area contributed by atoms with Crippen LogP contribution in [0.3, 0.4) is 0 Å². The van der Waals surface area contributed by atoms with Crippen LogP contribution in [0.5, 0.6) is 0 Å². The van der Waals surface area contributed by atoms with Crippen molar-refractivity contribution in [3.63, 3.8) is 0 Å². The summed E-state index contributed by atoms with van der Waals surface area (Å²) in [5.41, 5.74) is 0.993. The second-order valence-electron chi connectivity index (χ2n) is 3.72. The van der Waals surface area contributed by atoms with Crippen LogP contribution in [0.2, 0.25) is 10.0 Å². The summed E-state index contributed by atoms with van der Waals surface area (Å²) in [6.07, 6.45) is 1.67. The van der Waals surface area contributed by atoms with E-state index in [1.807, 2.05) is 0 Å². The van der Waals surface area contributed by atoms with E-state index in [0.717, 1.165) is 0 Å². The first-order chi connectivity index (χ1) is 9.11. The number of halogens is 2. The third kappa shape index (κ3) is 3.43. The number of carbonyl (C=O) groups excluding carboxylic acids is 1. The van der Waals surface area contributed by atoms with Gasteiger partial charge in [0.15, 0.2) is 5.69 Å². The second-order valence-corrected chi connectivity index (χ2v) is 5.01. The molecular weight excluding hydrogens is 305 g/mol. The number of aromatic nitrogens is 2. The maximum absolute atomic E-state index is 11.7. The Hall–Kier alpha value is -1.17. The van der Waals surface area contributed by atoms with Crippen molar-refractivity contribution in [1.82, 2.24) is 15.1 Å². The van der Waals surface area contributed by atoms with Gasteiger partial charge in [-0.2, -0.15) is 17.7 Å². The topological polar surface area (TPSA) is 46.9 Å². The fraction of sp³-hybridized carbons (Fsp3) is 0.167. The maximum atomic E-state index is 11.7. The number of benzene rings is 1. The molecule has 2 rings (SSSR count). The number of nitrogens with one attached hydrogen (secondary N) is 1. The van der Waals surface area contributed by atoms with E-state index in [0.29, 0.717) is 33.7 Å². The van der Waals surface area contributed by atoms with E-state index < -0.39 is 0 Å². The molecule has 2 aromatic rings. The van der Waals surface area contributed by atoms with Crippen LogP contribution in [-0.2, 0) is 0 Å². The highest BCUT2D eigenvalue weighted by molar-refractivity contribution is 7.80. The predicted octanol–water partition coefficient (Wildman–Crippen LogP) is 2.84. The van der Waals surface area contributed by atoms with Gasteiger partial charge in [0.05, 0.1) is 10.7 Å². The Balaban J connectivity index is 2.23. The first-order valence-electron chi connectivity index (χ1n) is 5.52. The zero-order valence-electron chi connectivity index (χ0n) is 9.81. The summed E-state index contributed by atoms with van der Waals surface area (Å²) in [6, 6.07) is 6.71. The van der Waals surface area contributed by atoms with Gasteiger partial charge in [0, 0.05) is 23.5 Å². The molecule has 4 nitrogen and oxygen atoms in total.